The van der Waals surface area contributed by atoms with E-state index in [-0.39, 0.29) is 12.1 Å². The van der Waals surface area contributed by atoms with Crippen molar-refractivity contribution >= 4 is 6.03 Å². The average molecular weight is 345 g/mol. The maximum absolute atomic E-state index is 12.1. The van der Waals surface area contributed by atoms with E-state index in [1.54, 1.807) is 6.26 Å². The summed E-state index contributed by atoms with van der Waals surface area (Å²) in [5.41, 5.74) is 2.30. The molecule has 0 aliphatic carbocycles. The van der Waals surface area contributed by atoms with Gasteiger partial charge in [-0.1, -0.05) is 0 Å². The van der Waals surface area contributed by atoms with Crippen molar-refractivity contribution in [3.05, 3.63) is 41.6 Å². The molecule has 0 saturated carbocycles. The van der Waals surface area contributed by atoms with Crippen LogP contribution in [-0.4, -0.2) is 47.3 Å². The highest BCUT2D eigenvalue weighted by atomic mass is 16.3. The van der Waals surface area contributed by atoms with Gasteiger partial charge < -0.3 is 15.1 Å². The van der Waals surface area contributed by atoms with E-state index in [4.69, 9.17) is 4.42 Å². The van der Waals surface area contributed by atoms with Crippen molar-refractivity contribution in [1.82, 2.24) is 25.7 Å². The molecular weight excluding hydrogens is 318 g/mol. The number of rotatable bonds is 8. The lowest BCUT2D eigenvalue weighted by Gasteiger charge is -2.26. The Balaban J connectivity index is 1.40. The molecule has 1 atom stereocenters. The molecule has 2 amide bonds. The van der Waals surface area contributed by atoms with E-state index in [2.05, 4.69) is 25.7 Å². The number of aromatic nitrogens is 2. The van der Waals surface area contributed by atoms with Crippen LogP contribution in [-0.2, 0) is 6.42 Å². The third-order valence-electron chi connectivity index (χ3n) is 4.75. The lowest BCUT2D eigenvalue weighted by atomic mass is 10.1. The van der Waals surface area contributed by atoms with Crippen molar-refractivity contribution in [3.63, 3.8) is 0 Å². The van der Waals surface area contributed by atoms with Gasteiger partial charge in [0.05, 0.1) is 18.5 Å². The molecule has 1 unspecified atom stereocenters. The van der Waals surface area contributed by atoms with Crippen LogP contribution in [0.2, 0.25) is 0 Å². The Labute approximate surface area is 148 Å². The summed E-state index contributed by atoms with van der Waals surface area (Å²) in [7, 11) is 0. The average Bonchev–Trinajstić information content (AvgIpc) is 3.36. The van der Waals surface area contributed by atoms with Crippen molar-refractivity contribution in [3.8, 4) is 0 Å². The quantitative estimate of drug-likeness (QED) is 0.641. The number of furan rings is 1. The van der Waals surface area contributed by atoms with E-state index in [0.29, 0.717) is 13.1 Å². The molecule has 1 fully saturated rings. The summed E-state index contributed by atoms with van der Waals surface area (Å²) in [6.45, 7) is 5.32. The van der Waals surface area contributed by atoms with Crippen LogP contribution in [0.5, 0.6) is 0 Å². The lowest BCUT2D eigenvalue weighted by molar-refractivity contribution is 0.203. The molecule has 1 aliphatic heterocycles. The first-order chi connectivity index (χ1) is 12.2. The van der Waals surface area contributed by atoms with Crippen LogP contribution in [0, 0.1) is 6.92 Å². The minimum atomic E-state index is -0.125. The number of urea groups is 1. The molecule has 25 heavy (non-hydrogen) atoms. The number of nitrogens with one attached hydrogen (secondary N) is 3. The van der Waals surface area contributed by atoms with Gasteiger partial charge in [0, 0.05) is 18.8 Å². The molecule has 2 aromatic heterocycles. The Hall–Kier alpha value is -2.28. The van der Waals surface area contributed by atoms with Gasteiger partial charge in [0.2, 0.25) is 0 Å². The van der Waals surface area contributed by atoms with Crippen molar-refractivity contribution in [2.24, 2.45) is 0 Å². The van der Waals surface area contributed by atoms with Crippen LogP contribution in [0.25, 0.3) is 0 Å². The van der Waals surface area contributed by atoms with Gasteiger partial charge in [-0.3, -0.25) is 10.00 Å². The van der Waals surface area contributed by atoms with Crippen LogP contribution in [0.3, 0.4) is 0 Å². The van der Waals surface area contributed by atoms with Gasteiger partial charge in [0.15, 0.2) is 0 Å². The van der Waals surface area contributed by atoms with Crippen LogP contribution in [0.4, 0.5) is 4.79 Å². The summed E-state index contributed by atoms with van der Waals surface area (Å²) in [4.78, 5) is 14.4. The first-order valence-electron chi connectivity index (χ1n) is 9.02. The van der Waals surface area contributed by atoms with Crippen molar-refractivity contribution in [1.29, 1.82) is 0 Å². The number of nitrogens with zero attached hydrogens (tertiary/aromatic N) is 2. The van der Waals surface area contributed by atoms with E-state index in [9.17, 15) is 4.79 Å². The van der Waals surface area contributed by atoms with Gasteiger partial charge in [-0.15, -0.1) is 0 Å². The summed E-state index contributed by atoms with van der Waals surface area (Å²) >= 11 is 0. The van der Waals surface area contributed by atoms with E-state index in [1.807, 2.05) is 25.3 Å². The number of hydrogen-bond acceptors (Lipinski definition) is 4. The third kappa shape index (κ3) is 4.85. The zero-order chi connectivity index (χ0) is 17.5. The first-order valence-corrected chi connectivity index (χ1v) is 9.02. The Bertz CT molecular complexity index is 646. The van der Waals surface area contributed by atoms with Gasteiger partial charge >= 0.3 is 6.03 Å². The number of likely N-dealkylation sites (tertiary alicyclic amines) is 1. The standard InChI is InChI=1S/C18H27N5O2/c1-14-15(12-21-22-14)6-4-8-19-18(24)20-13-16(17-7-5-11-25-17)23-9-2-3-10-23/h5,7,11-12,16H,2-4,6,8-10,13H2,1H3,(H,21,22)(H2,19,20,24). The molecule has 3 heterocycles. The molecule has 1 saturated heterocycles. The van der Waals surface area contributed by atoms with E-state index in [1.165, 1.54) is 18.4 Å². The molecule has 2 aromatic rings. The number of carbonyl (C=O) groups excluding carboxylic acids is 1. The molecule has 7 nitrogen and oxygen atoms in total. The van der Waals surface area contributed by atoms with Gasteiger partial charge in [0.1, 0.15) is 5.76 Å². The minimum Gasteiger partial charge on any atom is -0.468 e. The zero-order valence-corrected chi connectivity index (χ0v) is 14.8. The molecule has 0 radical (unpaired) electrons. The van der Waals surface area contributed by atoms with Crippen LogP contribution < -0.4 is 10.6 Å². The topological polar surface area (TPSA) is 86.2 Å². The summed E-state index contributed by atoms with van der Waals surface area (Å²) in [5.74, 6) is 0.914. The lowest BCUT2D eigenvalue weighted by Crippen LogP contribution is -2.41. The zero-order valence-electron chi connectivity index (χ0n) is 14.8. The molecule has 1 aliphatic rings. The fourth-order valence-electron chi connectivity index (χ4n) is 3.30. The van der Waals surface area contributed by atoms with Crippen molar-refractivity contribution in [2.45, 2.75) is 38.6 Å². The number of H-pyrrole nitrogens is 1. The minimum absolute atomic E-state index is 0.108. The second-order valence-corrected chi connectivity index (χ2v) is 6.53. The summed E-state index contributed by atoms with van der Waals surface area (Å²) in [5, 5.41) is 12.8. The number of aromatic amines is 1. The predicted molar refractivity (Wildman–Crippen MR) is 95.3 cm³/mol. The highest BCUT2D eigenvalue weighted by molar-refractivity contribution is 5.73. The maximum Gasteiger partial charge on any atom is 0.314 e. The molecular formula is C18H27N5O2. The molecule has 0 spiro atoms. The molecule has 0 bridgehead atoms. The highest BCUT2D eigenvalue weighted by Gasteiger charge is 2.25. The van der Waals surface area contributed by atoms with E-state index >= 15 is 0 Å². The molecule has 136 valence electrons. The fourth-order valence-corrected chi connectivity index (χ4v) is 3.30. The maximum atomic E-state index is 12.1. The normalized spacial score (nSPS) is 16.0. The molecule has 7 heteroatoms. The SMILES string of the molecule is Cc1[nH]ncc1CCCNC(=O)NCC(c1ccco1)N1CCCC1. The second kappa shape index (κ2) is 8.71. The fraction of sp³-hybridized carbons (Fsp3) is 0.556. The van der Waals surface area contributed by atoms with Crippen LogP contribution in [0.1, 0.15) is 42.3 Å². The summed E-state index contributed by atoms with van der Waals surface area (Å²) in [6.07, 6.45) is 7.75. The summed E-state index contributed by atoms with van der Waals surface area (Å²) in [6, 6.07) is 3.86. The Morgan fingerprint density at radius 1 is 1.40 bits per heavy atom. The second-order valence-electron chi connectivity index (χ2n) is 6.53. The molecule has 3 N–H and O–H groups in total. The van der Waals surface area contributed by atoms with Gasteiger partial charge in [-0.2, -0.15) is 5.10 Å². The van der Waals surface area contributed by atoms with Crippen molar-refractivity contribution < 1.29 is 9.21 Å². The third-order valence-corrected chi connectivity index (χ3v) is 4.75. The van der Waals surface area contributed by atoms with Crippen molar-refractivity contribution in [2.75, 3.05) is 26.2 Å². The largest absolute Gasteiger partial charge is 0.468 e. The van der Waals surface area contributed by atoms with E-state index in [0.717, 1.165) is 37.4 Å². The molecule has 3 rings (SSSR count). The molecule has 0 aromatic carbocycles. The number of hydrogen-bond donors (Lipinski definition) is 3. The van der Waals surface area contributed by atoms with Gasteiger partial charge in [0.25, 0.3) is 0 Å². The highest BCUT2D eigenvalue weighted by Crippen LogP contribution is 2.24. The number of carbonyl (C=O) groups is 1. The van der Waals surface area contributed by atoms with E-state index < -0.39 is 0 Å². The Morgan fingerprint density at radius 3 is 2.92 bits per heavy atom. The predicted octanol–water partition coefficient (Wildman–Crippen LogP) is 2.38. The monoisotopic (exact) mass is 345 g/mol. The van der Waals surface area contributed by atoms with Crippen LogP contribution >= 0.6 is 0 Å². The van der Waals surface area contributed by atoms with Gasteiger partial charge in [-0.25, -0.2) is 4.79 Å². The van der Waals surface area contributed by atoms with Crippen LogP contribution in [0.15, 0.2) is 29.0 Å². The number of amides is 2. The number of aryl methyl sites for hydroxylation is 2. The first kappa shape index (κ1) is 17.5. The smallest absolute Gasteiger partial charge is 0.314 e. The summed E-state index contributed by atoms with van der Waals surface area (Å²) < 4.78 is 5.57. The Morgan fingerprint density at radius 2 is 2.24 bits per heavy atom. The van der Waals surface area contributed by atoms with Gasteiger partial charge in [-0.05, 0) is 63.4 Å². The Kier molecular flexibility index (Phi) is 6.11.